The number of halogens is 2. The molecule has 0 bridgehead atoms. The highest BCUT2D eigenvalue weighted by Crippen LogP contribution is 2.39. The minimum absolute atomic E-state index is 0.276. The number of hydrogen-bond donors (Lipinski definition) is 0. The van der Waals surface area contributed by atoms with Crippen molar-refractivity contribution in [3.05, 3.63) is 101 Å². The van der Waals surface area contributed by atoms with E-state index in [1.807, 2.05) is 84.9 Å². The second-order valence-corrected chi connectivity index (χ2v) is 6.90. The zero-order valence-corrected chi connectivity index (χ0v) is 16.2. The van der Waals surface area contributed by atoms with Crippen LogP contribution in [0.15, 0.2) is 91.0 Å². The molecule has 0 spiro atoms. The van der Waals surface area contributed by atoms with Gasteiger partial charge in [0.1, 0.15) is 0 Å². The Kier molecular flexibility index (Phi) is 5.20. The van der Waals surface area contributed by atoms with Crippen LogP contribution in [-0.2, 0) is 0 Å². The molecule has 4 rings (SSSR count). The molecule has 138 valence electrons. The molecule has 3 nitrogen and oxygen atoms in total. The summed E-state index contributed by atoms with van der Waals surface area (Å²) < 4.78 is 5.78. The third kappa shape index (κ3) is 3.55. The molecule has 0 heterocycles. The Morgan fingerprint density at radius 1 is 0.679 bits per heavy atom. The average molecular weight is 408 g/mol. The number of carbonyl (C=O) groups is 1. The van der Waals surface area contributed by atoms with Gasteiger partial charge in [-0.05, 0) is 30.3 Å². The Morgan fingerprint density at radius 3 is 1.75 bits per heavy atom. The molecule has 0 saturated heterocycles. The molecular formula is C23H15Cl2NO2. The molecule has 0 saturated carbocycles. The minimum atomic E-state index is -0.563. The molecule has 1 amide bonds. The van der Waals surface area contributed by atoms with Crippen LogP contribution in [0, 0.1) is 0 Å². The maximum atomic E-state index is 13.2. The number of benzene rings is 4. The Morgan fingerprint density at radius 2 is 1.18 bits per heavy atom. The van der Waals surface area contributed by atoms with Gasteiger partial charge in [0.15, 0.2) is 5.75 Å². The van der Waals surface area contributed by atoms with E-state index >= 15 is 0 Å². The fourth-order valence-electron chi connectivity index (χ4n) is 3.02. The van der Waals surface area contributed by atoms with E-state index in [-0.39, 0.29) is 10.8 Å². The number of nitrogens with zero attached hydrogens (tertiary/aromatic N) is 1. The van der Waals surface area contributed by atoms with Gasteiger partial charge < -0.3 is 4.74 Å². The Labute approximate surface area is 172 Å². The molecule has 28 heavy (non-hydrogen) atoms. The standard InChI is InChI=1S/C23H15Cl2NO2/c24-20-15-21(25)22(19-14-8-7-13-18(19)20)28-23(27)26(16-9-3-1-4-10-16)17-11-5-2-6-12-17/h1-15H. The van der Waals surface area contributed by atoms with Crippen molar-refractivity contribution in [2.45, 2.75) is 0 Å². The van der Waals surface area contributed by atoms with Crippen molar-refractivity contribution in [1.82, 2.24) is 0 Å². The molecular weight excluding hydrogens is 393 g/mol. The van der Waals surface area contributed by atoms with Crippen molar-refractivity contribution < 1.29 is 9.53 Å². The zero-order chi connectivity index (χ0) is 19.5. The maximum Gasteiger partial charge on any atom is 0.424 e. The molecule has 5 heteroatoms. The molecule has 4 aromatic rings. The van der Waals surface area contributed by atoms with E-state index in [2.05, 4.69) is 0 Å². The molecule has 0 radical (unpaired) electrons. The van der Waals surface area contributed by atoms with Crippen molar-refractivity contribution in [2.24, 2.45) is 0 Å². The van der Waals surface area contributed by atoms with Gasteiger partial charge in [-0.15, -0.1) is 0 Å². The largest absolute Gasteiger partial charge is 0.424 e. The predicted octanol–water partition coefficient (Wildman–Crippen LogP) is 7.48. The minimum Gasteiger partial charge on any atom is -0.407 e. The zero-order valence-electron chi connectivity index (χ0n) is 14.7. The van der Waals surface area contributed by atoms with Gasteiger partial charge in [0.05, 0.1) is 21.4 Å². The van der Waals surface area contributed by atoms with E-state index in [0.717, 1.165) is 5.39 Å². The normalized spacial score (nSPS) is 10.6. The maximum absolute atomic E-state index is 13.2. The van der Waals surface area contributed by atoms with Crippen LogP contribution in [0.4, 0.5) is 16.2 Å². The number of para-hydroxylation sites is 2. The van der Waals surface area contributed by atoms with Gasteiger partial charge in [0, 0.05) is 10.8 Å². The van der Waals surface area contributed by atoms with E-state index < -0.39 is 6.09 Å². The van der Waals surface area contributed by atoms with Crippen molar-refractivity contribution in [2.75, 3.05) is 4.90 Å². The predicted molar refractivity (Wildman–Crippen MR) is 115 cm³/mol. The number of anilines is 2. The molecule has 0 N–H and O–H groups in total. The van der Waals surface area contributed by atoms with Crippen LogP contribution >= 0.6 is 23.2 Å². The van der Waals surface area contributed by atoms with Gasteiger partial charge in [-0.25, -0.2) is 9.69 Å². The topological polar surface area (TPSA) is 29.5 Å². The van der Waals surface area contributed by atoms with Crippen LogP contribution in [0.3, 0.4) is 0 Å². The first-order valence-electron chi connectivity index (χ1n) is 8.64. The highest BCUT2D eigenvalue weighted by molar-refractivity contribution is 6.40. The van der Waals surface area contributed by atoms with Crippen LogP contribution in [-0.4, -0.2) is 6.09 Å². The lowest BCUT2D eigenvalue weighted by Gasteiger charge is -2.23. The first kappa shape index (κ1) is 18.4. The van der Waals surface area contributed by atoms with Crippen LogP contribution in [0.25, 0.3) is 10.8 Å². The number of carbonyl (C=O) groups excluding carboxylic acids is 1. The molecule has 0 aliphatic rings. The van der Waals surface area contributed by atoms with Crippen LogP contribution in [0.5, 0.6) is 5.75 Å². The second-order valence-electron chi connectivity index (χ2n) is 6.09. The number of ether oxygens (including phenoxy) is 1. The van der Waals surface area contributed by atoms with Crippen molar-refractivity contribution in [1.29, 1.82) is 0 Å². The van der Waals surface area contributed by atoms with E-state index in [4.69, 9.17) is 27.9 Å². The smallest absolute Gasteiger partial charge is 0.407 e. The van der Waals surface area contributed by atoms with Gasteiger partial charge in [-0.2, -0.15) is 0 Å². The summed E-state index contributed by atoms with van der Waals surface area (Å²) in [6, 6.07) is 27.6. The third-order valence-corrected chi connectivity index (χ3v) is 4.89. The number of hydrogen-bond acceptors (Lipinski definition) is 2. The summed E-state index contributed by atoms with van der Waals surface area (Å²) in [5, 5.41) is 2.22. The summed E-state index contributed by atoms with van der Waals surface area (Å²) in [6.07, 6.45) is -0.563. The van der Waals surface area contributed by atoms with Crippen molar-refractivity contribution in [3.63, 3.8) is 0 Å². The van der Waals surface area contributed by atoms with E-state index in [1.165, 1.54) is 4.90 Å². The molecule has 0 aliphatic heterocycles. The first-order valence-corrected chi connectivity index (χ1v) is 9.39. The van der Waals surface area contributed by atoms with Crippen LogP contribution in [0.1, 0.15) is 0 Å². The van der Waals surface area contributed by atoms with Gasteiger partial charge in [-0.1, -0.05) is 83.9 Å². The van der Waals surface area contributed by atoms with Crippen LogP contribution < -0.4 is 9.64 Å². The number of amides is 1. The summed E-state index contributed by atoms with van der Waals surface area (Å²) in [5.41, 5.74) is 1.38. The number of rotatable bonds is 3. The van der Waals surface area contributed by atoms with E-state index in [9.17, 15) is 4.79 Å². The molecule has 0 atom stereocenters. The fourth-order valence-corrected chi connectivity index (χ4v) is 3.60. The van der Waals surface area contributed by atoms with E-state index in [0.29, 0.717) is 21.8 Å². The van der Waals surface area contributed by atoms with Crippen LogP contribution in [0.2, 0.25) is 10.0 Å². The lowest BCUT2D eigenvalue weighted by atomic mass is 10.1. The van der Waals surface area contributed by atoms with Gasteiger partial charge in [-0.3, -0.25) is 0 Å². The highest BCUT2D eigenvalue weighted by Gasteiger charge is 2.22. The van der Waals surface area contributed by atoms with Crippen molar-refractivity contribution >= 4 is 51.4 Å². The SMILES string of the molecule is O=C(Oc1c(Cl)cc(Cl)c2ccccc12)N(c1ccccc1)c1ccccc1. The average Bonchev–Trinajstić information content (AvgIpc) is 2.73. The first-order chi connectivity index (χ1) is 13.6. The lowest BCUT2D eigenvalue weighted by molar-refractivity contribution is 0.211. The van der Waals surface area contributed by atoms with Gasteiger partial charge in [0.2, 0.25) is 0 Å². The highest BCUT2D eigenvalue weighted by atomic mass is 35.5. The van der Waals surface area contributed by atoms with Crippen molar-refractivity contribution in [3.8, 4) is 5.75 Å². The third-order valence-electron chi connectivity index (χ3n) is 4.30. The number of fused-ring (bicyclic) bond motifs is 1. The quantitative estimate of drug-likeness (QED) is 0.352. The molecule has 4 aromatic carbocycles. The summed E-state index contributed by atoms with van der Waals surface area (Å²) in [4.78, 5) is 14.7. The van der Waals surface area contributed by atoms with Gasteiger partial charge >= 0.3 is 6.09 Å². The molecule has 0 aromatic heterocycles. The molecule has 0 unspecified atom stereocenters. The molecule has 0 aliphatic carbocycles. The monoisotopic (exact) mass is 407 g/mol. The van der Waals surface area contributed by atoms with Gasteiger partial charge in [0.25, 0.3) is 0 Å². The second kappa shape index (κ2) is 7.93. The fraction of sp³-hybridized carbons (Fsp3) is 0. The Hall–Kier alpha value is -3.01. The van der Waals surface area contributed by atoms with E-state index in [1.54, 1.807) is 6.07 Å². The molecule has 0 fully saturated rings. The lowest BCUT2D eigenvalue weighted by Crippen LogP contribution is -2.29. The summed E-state index contributed by atoms with van der Waals surface area (Å²) in [6.45, 7) is 0. The Balaban J connectivity index is 1.79. The summed E-state index contributed by atoms with van der Waals surface area (Å²) >= 11 is 12.7. The Bertz CT molecular complexity index is 1090. The summed E-state index contributed by atoms with van der Waals surface area (Å²) in [7, 11) is 0. The summed E-state index contributed by atoms with van der Waals surface area (Å²) in [5.74, 6) is 0.281.